The number of aromatic nitrogens is 2. The van der Waals surface area contributed by atoms with E-state index < -0.39 is 0 Å². The second-order valence-electron chi connectivity index (χ2n) is 10.7. The number of likely N-dealkylation sites (tertiary alicyclic amines) is 1. The molecule has 0 spiro atoms. The highest BCUT2D eigenvalue weighted by Crippen LogP contribution is 2.32. The third-order valence-corrected chi connectivity index (χ3v) is 7.98. The number of rotatable bonds is 7. The van der Waals surface area contributed by atoms with Gasteiger partial charge in [0.15, 0.2) is 0 Å². The van der Waals surface area contributed by atoms with Crippen LogP contribution in [0.15, 0.2) is 91.0 Å². The molecular formula is C34H32F2N4. The van der Waals surface area contributed by atoms with Crippen LogP contribution in [-0.2, 0) is 13.1 Å². The summed E-state index contributed by atoms with van der Waals surface area (Å²) < 4.78 is 30.4. The van der Waals surface area contributed by atoms with Gasteiger partial charge in [0, 0.05) is 30.1 Å². The Kier molecular flexibility index (Phi) is 7.27. The van der Waals surface area contributed by atoms with E-state index in [4.69, 9.17) is 10.4 Å². The molecule has 6 heteroatoms. The van der Waals surface area contributed by atoms with E-state index in [1.807, 2.05) is 37.3 Å². The monoisotopic (exact) mass is 534 g/mol. The van der Waals surface area contributed by atoms with Crippen LogP contribution in [0.4, 0.5) is 8.78 Å². The summed E-state index contributed by atoms with van der Waals surface area (Å²) >= 11 is 0. The summed E-state index contributed by atoms with van der Waals surface area (Å²) in [4.78, 5) is 7.50. The van der Waals surface area contributed by atoms with Crippen LogP contribution in [0.3, 0.4) is 0 Å². The Morgan fingerprint density at radius 3 is 2.35 bits per heavy atom. The lowest BCUT2D eigenvalue weighted by atomic mass is 9.94. The second kappa shape index (κ2) is 11.1. The van der Waals surface area contributed by atoms with Crippen LogP contribution in [0.1, 0.15) is 52.4 Å². The van der Waals surface area contributed by atoms with E-state index in [0.29, 0.717) is 18.0 Å². The van der Waals surface area contributed by atoms with Gasteiger partial charge in [-0.25, -0.2) is 13.8 Å². The van der Waals surface area contributed by atoms with Gasteiger partial charge < -0.3 is 4.57 Å². The minimum Gasteiger partial charge on any atom is -0.323 e. The molecular weight excluding hydrogens is 502 g/mol. The third-order valence-electron chi connectivity index (χ3n) is 7.98. The van der Waals surface area contributed by atoms with E-state index in [0.717, 1.165) is 66.0 Å². The Balaban J connectivity index is 1.15. The molecule has 5 aromatic rings. The number of piperidine rings is 1. The molecule has 1 aromatic heterocycles. The molecule has 0 bridgehead atoms. The lowest BCUT2D eigenvalue weighted by Gasteiger charge is -2.32. The zero-order valence-electron chi connectivity index (χ0n) is 22.6. The standard InChI is InChI=1S/C34H32F2N4/c1-23-19-25(13-14-28(23)33(37)29-9-2-3-10-30(29)36)21-39-17-15-26(16-18-39)34-38-31-11-4-5-12-32(31)40(34)22-24-7-6-8-27(35)20-24/h2-14,19-20,26,37H,15-18,21-22H2,1H3. The first-order chi connectivity index (χ1) is 19.5. The van der Waals surface area contributed by atoms with Crippen LogP contribution in [0.5, 0.6) is 0 Å². The van der Waals surface area contributed by atoms with Crippen molar-refractivity contribution >= 4 is 16.7 Å². The lowest BCUT2D eigenvalue weighted by molar-refractivity contribution is 0.200. The lowest BCUT2D eigenvalue weighted by Crippen LogP contribution is -2.33. The van der Waals surface area contributed by atoms with Crippen molar-refractivity contribution in [3.05, 3.63) is 136 Å². The van der Waals surface area contributed by atoms with E-state index >= 15 is 0 Å². The number of imidazole rings is 1. The number of halogens is 2. The molecule has 1 aliphatic rings. The minimum absolute atomic E-state index is 0.212. The first-order valence-electron chi connectivity index (χ1n) is 13.8. The summed E-state index contributed by atoms with van der Waals surface area (Å²) in [6, 6.07) is 27.6. The van der Waals surface area contributed by atoms with Gasteiger partial charge in [-0.1, -0.05) is 54.6 Å². The fourth-order valence-electron chi connectivity index (χ4n) is 5.91. The van der Waals surface area contributed by atoms with Crippen molar-refractivity contribution in [2.24, 2.45) is 0 Å². The maximum Gasteiger partial charge on any atom is 0.132 e. The Bertz CT molecular complexity index is 1680. The quantitative estimate of drug-likeness (QED) is 0.220. The van der Waals surface area contributed by atoms with Crippen LogP contribution in [-0.4, -0.2) is 33.3 Å². The molecule has 0 amide bonds. The van der Waals surface area contributed by atoms with E-state index in [1.165, 1.54) is 17.7 Å². The van der Waals surface area contributed by atoms with Crippen LogP contribution in [0, 0.1) is 24.0 Å². The van der Waals surface area contributed by atoms with Gasteiger partial charge in [-0.3, -0.25) is 10.3 Å². The molecule has 1 saturated heterocycles. The van der Waals surface area contributed by atoms with Crippen LogP contribution >= 0.6 is 0 Å². The average Bonchev–Trinajstić information content (AvgIpc) is 3.32. The van der Waals surface area contributed by atoms with Gasteiger partial charge in [0.1, 0.15) is 17.5 Å². The number of nitrogens with zero attached hydrogens (tertiary/aromatic N) is 3. The molecule has 1 N–H and O–H groups in total. The molecule has 40 heavy (non-hydrogen) atoms. The Morgan fingerprint density at radius 1 is 0.825 bits per heavy atom. The summed E-state index contributed by atoms with van der Waals surface area (Å²) in [7, 11) is 0. The first-order valence-corrected chi connectivity index (χ1v) is 13.8. The number of fused-ring (bicyclic) bond motifs is 1. The highest BCUT2D eigenvalue weighted by Gasteiger charge is 2.26. The fourth-order valence-corrected chi connectivity index (χ4v) is 5.91. The smallest absolute Gasteiger partial charge is 0.132 e. The summed E-state index contributed by atoms with van der Waals surface area (Å²) in [6.45, 7) is 5.34. The average molecular weight is 535 g/mol. The molecule has 1 aliphatic heterocycles. The SMILES string of the molecule is Cc1cc(CN2CCC(c3nc4ccccc4n3Cc3cccc(F)c3)CC2)ccc1C(=N)c1ccccc1F. The Morgan fingerprint density at radius 2 is 1.57 bits per heavy atom. The van der Waals surface area contributed by atoms with E-state index in [2.05, 4.69) is 27.7 Å². The van der Waals surface area contributed by atoms with Crippen LogP contribution in [0.25, 0.3) is 11.0 Å². The second-order valence-corrected chi connectivity index (χ2v) is 10.7. The number of benzene rings is 4. The predicted octanol–water partition coefficient (Wildman–Crippen LogP) is 7.47. The number of hydrogen-bond acceptors (Lipinski definition) is 3. The molecule has 0 atom stereocenters. The van der Waals surface area contributed by atoms with Crippen molar-refractivity contribution in [1.29, 1.82) is 5.41 Å². The maximum atomic E-state index is 14.2. The number of aryl methyl sites for hydroxylation is 1. The number of nitrogens with one attached hydrogen (secondary N) is 1. The number of para-hydroxylation sites is 2. The molecule has 4 nitrogen and oxygen atoms in total. The van der Waals surface area contributed by atoms with Crippen LogP contribution in [0.2, 0.25) is 0 Å². The topological polar surface area (TPSA) is 44.9 Å². The molecule has 0 saturated carbocycles. The first kappa shape index (κ1) is 26.1. The third kappa shape index (κ3) is 5.32. The van der Waals surface area contributed by atoms with Crippen molar-refractivity contribution in [3.8, 4) is 0 Å². The van der Waals surface area contributed by atoms with Gasteiger partial charge in [-0.15, -0.1) is 0 Å². The molecule has 2 heterocycles. The molecule has 0 unspecified atom stereocenters. The number of hydrogen-bond donors (Lipinski definition) is 1. The van der Waals surface area contributed by atoms with Crippen molar-refractivity contribution in [2.45, 2.75) is 38.8 Å². The summed E-state index contributed by atoms with van der Waals surface area (Å²) in [6.07, 6.45) is 2.00. The van der Waals surface area contributed by atoms with E-state index in [1.54, 1.807) is 30.3 Å². The highest BCUT2D eigenvalue weighted by atomic mass is 19.1. The van der Waals surface area contributed by atoms with Crippen molar-refractivity contribution in [2.75, 3.05) is 13.1 Å². The van der Waals surface area contributed by atoms with Crippen molar-refractivity contribution in [1.82, 2.24) is 14.5 Å². The fraction of sp³-hybridized carbons (Fsp3) is 0.235. The largest absolute Gasteiger partial charge is 0.323 e. The molecule has 0 radical (unpaired) electrons. The summed E-state index contributed by atoms with van der Waals surface area (Å²) in [5, 5.41) is 8.54. The molecule has 4 aromatic carbocycles. The van der Waals surface area contributed by atoms with E-state index in [-0.39, 0.29) is 17.3 Å². The van der Waals surface area contributed by atoms with Gasteiger partial charge in [0.25, 0.3) is 0 Å². The minimum atomic E-state index is -0.372. The van der Waals surface area contributed by atoms with Gasteiger partial charge in [0.05, 0.1) is 16.7 Å². The van der Waals surface area contributed by atoms with Gasteiger partial charge in [0.2, 0.25) is 0 Å². The highest BCUT2D eigenvalue weighted by molar-refractivity contribution is 6.11. The van der Waals surface area contributed by atoms with Gasteiger partial charge in [-0.2, -0.15) is 0 Å². The van der Waals surface area contributed by atoms with E-state index in [9.17, 15) is 8.78 Å². The van der Waals surface area contributed by atoms with Crippen LogP contribution < -0.4 is 0 Å². The van der Waals surface area contributed by atoms with Crippen molar-refractivity contribution in [3.63, 3.8) is 0 Å². The molecule has 1 fully saturated rings. The van der Waals surface area contributed by atoms with Gasteiger partial charge in [-0.05, 0) is 85.9 Å². The normalized spacial score (nSPS) is 14.6. The zero-order valence-corrected chi connectivity index (χ0v) is 22.6. The molecule has 0 aliphatic carbocycles. The predicted molar refractivity (Wildman–Crippen MR) is 156 cm³/mol. The van der Waals surface area contributed by atoms with Crippen molar-refractivity contribution < 1.29 is 8.78 Å². The summed E-state index contributed by atoms with van der Waals surface area (Å²) in [5.41, 5.74) is 6.46. The Labute approximate surface area is 233 Å². The molecule has 202 valence electrons. The maximum absolute atomic E-state index is 14.2. The summed E-state index contributed by atoms with van der Waals surface area (Å²) in [5.74, 6) is 0.826. The molecule has 6 rings (SSSR count). The van der Waals surface area contributed by atoms with Gasteiger partial charge >= 0.3 is 0 Å². The Hall–Kier alpha value is -4.16. The zero-order chi connectivity index (χ0) is 27.6.